The Labute approximate surface area is 407 Å². The summed E-state index contributed by atoms with van der Waals surface area (Å²) < 4.78 is 0. The van der Waals surface area contributed by atoms with Crippen LogP contribution in [0, 0.1) is 65.6 Å². The summed E-state index contributed by atoms with van der Waals surface area (Å²) >= 11 is 0. The zero-order valence-corrected chi connectivity index (χ0v) is 47.3. The van der Waals surface area contributed by atoms with Crippen molar-refractivity contribution >= 4 is 17.3 Å². The van der Waals surface area contributed by atoms with Gasteiger partial charge in [0.1, 0.15) is 11.6 Å². The molecule has 0 spiro atoms. The second-order valence-electron chi connectivity index (χ2n) is 20.6. The fourth-order valence-electron chi connectivity index (χ4n) is 4.15. The van der Waals surface area contributed by atoms with Crippen LogP contribution in [0.3, 0.4) is 0 Å². The molecule has 0 aliphatic rings. The van der Waals surface area contributed by atoms with E-state index in [1.807, 2.05) is 27.8 Å². The zero-order valence-electron chi connectivity index (χ0n) is 47.3. The van der Waals surface area contributed by atoms with Crippen molar-refractivity contribution < 1.29 is 30.0 Å². The van der Waals surface area contributed by atoms with Crippen LogP contribution in [0.5, 0.6) is 0 Å². The van der Waals surface area contributed by atoms with Gasteiger partial charge in [-0.05, 0) is 145 Å². The summed E-state index contributed by atoms with van der Waals surface area (Å²) in [4.78, 5) is 20.7. The Hall–Kier alpha value is -1.97. The summed E-state index contributed by atoms with van der Waals surface area (Å²) in [6.07, 6.45) is 13.5. The number of carbonyl (C=O) groups excluding carboxylic acids is 2. The zero-order chi connectivity index (χ0) is 52.3. The standard InChI is InChI=1S/C11H16.C9H19NO.C8H19NO.C7H14O2.C6H12O2.C6H14.2C5H12/c1-9(2)8-11-6-4-10(3)5-7-11;1-8(7-11)5-3-4-6-9(2)10;1-8(7-10)5-3-4-6-9-2;1-6(5-8)3-4-7(2)9;1-5(4-7)3-6(2)8;1-5(2)6(3)4;2*1-4-5(2)3/h4-7,9H,8H2,1-3H3;8,10-11H,3-7H2,1-2H3;8-10H,3-7H2,1-2H3;6,8H,3-5H2,1-2H3;5,7H,3-4H2,1-2H3;5-6H,1-4H3;2*5H,4H2,1-3H3. The molecule has 392 valence electrons. The number of rotatable bonds is 24. The molecule has 0 amide bonds. The van der Waals surface area contributed by atoms with E-state index in [0.29, 0.717) is 37.9 Å². The Morgan fingerprint density at radius 2 is 0.908 bits per heavy atom. The normalized spacial score (nSPS) is 12.0. The van der Waals surface area contributed by atoms with Crippen LogP contribution in [0.4, 0.5) is 0 Å². The van der Waals surface area contributed by atoms with Gasteiger partial charge in [-0.3, -0.25) is 0 Å². The van der Waals surface area contributed by atoms with Gasteiger partial charge in [-0.15, -0.1) is 0 Å². The lowest BCUT2D eigenvalue weighted by Gasteiger charge is -2.05. The number of hydrogen-bond donors (Lipinski definition) is 6. The van der Waals surface area contributed by atoms with Crippen molar-refractivity contribution in [3.63, 3.8) is 0 Å². The largest absolute Gasteiger partial charge is 0.396 e. The topological polar surface area (TPSA) is 151 Å². The van der Waals surface area contributed by atoms with E-state index in [1.165, 1.54) is 50.2 Å². The molecule has 8 heteroatoms. The number of carbonyl (C=O) groups is 2. The minimum absolute atomic E-state index is 0.111. The van der Waals surface area contributed by atoms with Crippen LogP contribution in [-0.4, -0.2) is 77.7 Å². The van der Waals surface area contributed by atoms with Crippen LogP contribution in [0.25, 0.3) is 0 Å². The van der Waals surface area contributed by atoms with E-state index in [2.05, 4.69) is 133 Å². The highest BCUT2D eigenvalue weighted by atomic mass is 16.3. The highest BCUT2D eigenvalue weighted by Crippen LogP contribution is 2.10. The number of aliphatic hydroxyl groups is 4. The minimum atomic E-state index is 0.111. The molecule has 0 radical (unpaired) electrons. The molecule has 0 fully saturated rings. The average molecular weight is 928 g/mol. The summed E-state index contributed by atoms with van der Waals surface area (Å²) in [7, 11) is 1.97. The van der Waals surface area contributed by atoms with Crippen LogP contribution in [0.1, 0.15) is 220 Å². The number of benzene rings is 1. The maximum atomic E-state index is 10.4. The van der Waals surface area contributed by atoms with Crippen LogP contribution in [-0.2, 0) is 16.0 Å². The molecule has 0 saturated heterocycles. The predicted molar refractivity (Wildman–Crippen MR) is 290 cm³/mol. The Balaban J connectivity index is -0.000000120. The Bertz CT molecular complexity index is 1070. The number of unbranched alkanes of at least 4 members (excludes halogenated alkanes) is 2. The number of ketones is 2. The highest BCUT2D eigenvalue weighted by molar-refractivity contribution is 5.78. The predicted octanol–water partition coefficient (Wildman–Crippen LogP) is 14.4. The molecule has 0 aromatic heterocycles. The summed E-state index contributed by atoms with van der Waals surface area (Å²) in [5, 5.41) is 44.6. The first kappa shape index (κ1) is 77.3. The molecule has 0 aliphatic heterocycles. The van der Waals surface area contributed by atoms with E-state index in [0.717, 1.165) is 80.4 Å². The molecule has 0 aliphatic carbocycles. The van der Waals surface area contributed by atoms with Gasteiger partial charge in [-0.2, -0.15) is 0 Å². The smallest absolute Gasteiger partial charge is 0.130 e. The number of aryl methyl sites for hydroxylation is 1. The van der Waals surface area contributed by atoms with Crippen molar-refractivity contribution in [1.29, 1.82) is 5.41 Å². The second kappa shape index (κ2) is 58.2. The third kappa shape index (κ3) is 89.3. The SMILES string of the molecule is CC(=N)CCCCC(C)CO.CC(=O)CC(C)CO.CC(=O)CCC(C)CO.CC(C)C(C)C.CCC(C)C.CCC(C)C.CNCCCCC(C)CO.Cc1ccc(CC(C)C)cc1. The molecular formula is C57H118N2O6. The van der Waals surface area contributed by atoms with Gasteiger partial charge in [0, 0.05) is 45.0 Å². The van der Waals surface area contributed by atoms with Crippen molar-refractivity contribution in [2.24, 2.45) is 53.3 Å². The second-order valence-corrected chi connectivity index (χ2v) is 20.6. The van der Waals surface area contributed by atoms with Gasteiger partial charge in [0.05, 0.1) is 0 Å². The maximum absolute atomic E-state index is 10.4. The molecule has 4 unspecified atom stereocenters. The first-order chi connectivity index (χ1) is 30.2. The summed E-state index contributed by atoms with van der Waals surface area (Å²) in [6.45, 7) is 43.8. The summed E-state index contributed by atoms with van der Waals surface area (Å²) in [5.41, 5.74) is 3.56. The van der Waals surface area contributed by atoms with E-state index < -0.39 is 0 Å². The molecule has 0 bridgehead atoms. The van der Waals surface area contributed by atoms with Gasteiger partial charge in [0.25, 0.3) is 0 Å². The van der Waals surface area contributed by atoms with E-state index in [1.54, 1.807) is 6.92 Å². The molecular weight excluding hydrogens is 809 g/mol. The molecule has 65 heavy (non-hydrogen) atoms. The number of aliphatic hydroxyl groups excluding tert-OH is 4. The van der Waals surface area contributed by atoms with Gasteiger partial charge >= 0.3 is 0 Å². The summed E-state index contributed by atoms with van der Waals surface area (Å²) in [6, 6.07) is 8.79. The Kier molecular flexibility index (Phi) is 69.1. The Morgan fingerprint density at radius 3 is 1.17 bits per heavy atom. The fourth-order valence-corrected chi connectivity index (χ4v) is 4.15. The van der Waals surface area contributed by atoms with Crippen molar-refractivity contribution in [1.82, 2.24) is 5.32 Å². The number of hydrogen-bond acceptors (Lipinski definition) is 8. The van der Waals surface area contributed by atoms with Crippen LogP contribution < -0.4 is 5.32 Å². The molecule has 6 N–H and O–H groups in total. The quantitative estimate of drug-likeness (QED) is 0.0446. The van der Waals surface area contributed by atoms with Crippen LogP contribution in [0.15, 0.2) is 24.3 Å². The molecule has 0 saturated carbocycles. The summed E-state index contributed by atoms with van der Waals surface area (Å²) in [5.74, 6) is 5.90. The van der Waals surface area contributed by atoms with Crippen molar-refractivity contribution in [2.75, 3.05) is 40.0 Å². The van der Waals surface area contributed by atoms with Crippen LogP contribution in [0.2, 0.25) is 0 Å². The molecule has 0 heterocycles. The van der Waals surface area contributed by atoms with Crippen molar-refractivity contribution in [3.8, 4) is 0 Å². The molecule has 1 aromatic rings. The molecule has 1 rings (SSSR count). The molecule has 4 atom stereocenters. The van der Waals surface area contributed by atoms with Gasteiger partial charge in [0.2, 0.25) is 0 Å². The lowest BCUT2D eigenvalue weighted by molar-refractivity contribution is -0.118. The Morgan fingerprint density at radius 1 is 0.538 bits per heavy atom. The van der Waals surface area contributed by atoms with Crippen molar-refractivity contribution in [2.45, 2.75) is 222 Å². The number of Topliss-reactive ketones (excluding diaryl/α,β-unsaturated/α-hetero) is 2. The van der Waals surface area contributed by atoms with Gasteiger partial charge in [0.15, 0.2) is 0 Å². The van der Waals surface area contributed by atoms with Crippen molar-refractivity contribution in [3.05, 3.63) is 35.4 Å². The van der Waals surface area contributed by atoms with Gasteiger partial charge in [-0.25, -0.2) is 0 Å². The minimum Gasteiger partial charge on any atom is -0.396 e. The highest BCUT2D eigenvalue weighted by Gasteiger charge is 2.03. The lowest BCUT2D eigenvalue weighted by atomic mass is 10.0. The lowest BCUT2D eigenvalue weighted by Crippen LogP contribution is -2.08. The monoisotopic (exact) mass is 927 g/mol. The maximum Gasteiger partial charge on any atom is 0.130 e. The van der Waals surface area contributed by atoms with E-state index in [9.17, 15) is 9.59 Å². The van der Waals surface area contributed by atoms with E-state index >= 15 is 0 Å². The first-order valence-electron chi connectivity index (χ1n) is 25.8. The van der Waals surface area contributed by atoms with Crippen LogP contribution >= 0.6 is 0 Å². The third-order valence-electron chi connectivity index (χ3n) is 10.5. The molecule has 8 nitrogen and oxygen atoms in total. The van der Waals surface area contributed by atoms with Gasteiger partial charge < -0.3 is 40.7 Å². The fraction of sp³-hybridized carbons (Fsp3) is 0.842. The average Bonchev–Trinajstić information content (AvgIpc) is 3.24. The van der Waals surface area contributed by atoms with E-state index in [-0.39, 0.29) is 36.6 Å². The first-order valence-corrected chi connectivity index (χ1v) is 25.8. The number of nitrogens with one attached hydrogen (secondary N) is 2. The molecule has 1 aromatic carbocycles. The van der Waals surface area contributed by atoms with Gasteiger partial charge in [-0.1, -0.05) is 166 Å². The third-order valence-corrected chi connectivity index (χ3v) is 10.5. The van der Waals surface area contributed by atoms with E-state index in [4.69, 9.17) is 25.8 Å².